The van der Waals surface area contributed by atoms with E-state index in [4.69, 9.17) is 9.47 Å². The average Bonchev–Trinajstić information content (AvgIpc) is 1.42. The van der Waals surface area contributed by atoms with Gasteiger partial charge in [0.15, 0.2) is 0 Å². The van der Waals surface area contributed by atoms with Crippen molar-refractivity contribution < 1.29 is 9.47 Å². The molecule has 0 fully saturated rings. The topological polar surface area (TPSA) is 31.4 Å². The van der Waals surface area contributed by atoms with Crippen molar-refractivity contribution in [3.05, 3.63) is 438 Å². The molecule has 6 nitrogen and oxygen atoms in total. The van der Waals surface area contributed by atoms with E-state index in [2.05, 4.69) is 402 Å². The van der Waals surface area contributed by atoms with Crippen LogP contribution in [0.25, 0.3) is 11.1 Å². The van der Waals surface area contributed by atoms with Crippen LogP contribution < -0.4 is 61.9 Å². The van der Waals surface area contributed by atoms with Gasteiger partial charge in [-0.3, -0.25) is 0 Å². The molecule has 5 aliphatic heterocycles. The van der Waals surface area contributed by atoms with Crippen LogP contribution in [0.3, 0.4) is 0 Å². The summed E-state index contributed by atoms with van der Waals surface area (Å²) in [5, 5.41) is 0. The normalized spacial score (nSPS) is 16.9. The van der Waals surface area contributed by atoms with Crippen LogP contribution in [0.5, 0.6) is 23.0 Å². The summed E-state index contributed by atoms with van der Waals surface area (Å²) in [5.74, 6) is 3.16. The molecule has 8 heteroatoms. The van der Waals surface area contributed by atoms with Gasteiger partial charge in [-0.25, -0.2) is 0 Å². The lowest BCUT2D eigenvalue weighted by Crippen LogP contribution is -2.62. The molecule has 4 aliphatic carbocycles. The van der Waals surface area contributed by atoms with Crippen LogP contribution in [0.4, 0.5) is 62.6 Å². The summed E-state index contributed by atoms with van der Waals surface area (Å²) in [5.41, 5.74) is 33.2. The van der Waals surface area contributed by atoms with Crippen molar-refractivity contribution in [2.45, 2.75) is 37.0 Å². The summed E-state index contributed by atoms with van der Waals surface area (Å²) in [6, 6.07) is 122. The molecule has 112 heavy (non-hydrogen) atoms. The van der Waals surface area contributed by atoms with Gasteiger partial charge in [0.2, 0.25) is 0 Å². The largest absolute Gasteiger partial charge is 0.458 e. The van der Waals surface area contributed by atoms with Gasteiger partial charge in [0, 0.05) is 110 Å². The van der Waals surface area contributed by atoms with Crippen molar-refractivity contribution in [2.24, 2.45) is 11.8 Å². The van der Waals surface area contributed by atoms with Gasteiger partial charge in [-0.05, 0) is 187 Å². The molecule has 5 heterocycles. The molecule has 0 saturated heterocycles. The van der Waals surface area contributed by atoms with E-state index in [0.717, 1.165) is 122 Å². The van der Waals surface area contributed by atoms with Gasteiger partial charge in [0.1, 0.15) is 23.0 Å². The van der Waals surface area contributed by atoms with Crippen molar-refractivity contribution in [3.8, 4) is 34.1 Å². The maximum absolute atomic E-state index is 8.18. The van der Waals surface area contributed by atoms with Gasteiger partial charge >= 0.3 is 0 Å². The molecule has 14 aromatic carbocycles. The van der Waals surface area contributed by atoms with Crippen LogP contribution in [-0.2, 0) is 5.41 Å². The molecule has 528 valence electrons. The Morgan fingerprint density at radius 2 is 0.884 bits per heavy atom. The lowest BCUT2D eigenvalue weighted by molar-refractivity contribution is 0.428. The van der Waals surface area contributed by atoms with Crippen LogP contribution in [-0.4, -0.2) is 13.4 Å². The number of hydrogen-bond donors (Lipinski definition) is 0. The quantitative estimate of drug-likeness (QED) is 0.0948. The van der Waals surface area contributed by atoms with E-state index < -0.39 is 5.41 Å². The second-order valence-corrected chi connectivity index (χ2v) is 31.0. The standard InChI is InChI=1S/C104H74B2N4O2/c1-9-34-68(35-10-1)78-52-33-53-79(69-36-11-2-12-37-69)103(78)110-92-66-96-84(64-88(92)105-86-56-29-31-58-90(86)108(75-46-21-7-22-47-75)93-60-72(61-94(110)101(93)105)100(70-38-13-3-14-39-70)71-40-15-4-16-41-71)104(82-54-27-25-50-80(82)81-51-26-28-55-83(81)104)85-65-89-98(67-97(85)111-96)112-99-63-77(107(73-42-17-5-18-43-73)74-44-19-6-20-45-74)62-95-102(99)106(89)87-57-30-32-59-91(87)109(95)76-48-23-8-24-49-76/h1,3-11,13-34,36-52,54-68,79,100H,2,12,35,53H2. The molecule has 2 unspecified atom stereocenters. The summed E-state index contributed by atoms with van der Waals surface area (Å²) in [6.07, 6.45) is 25.4. The highest BCUT2D eigenvalue weighted by molar-refractivity contribution is 7.00. The number of benzene rings is 14. The lowest BCUT2D eigenvalue weighted by atomic mass is 9.33. The second-order valence-electron chi connectivity index (χ2n) is 31.0. The van der Waals surface area contributed by atoms with Crippen LogP contribution in [0.2, 0.25) is 0 Å². The molecule has 1 spiro atoms. The van der Waals surface area contributed by atoms with E-state index in [1.807, 2.05) is 0 Å². The van der Waals surface area contributed by atoms with Crippen LogP contribution in [0.15, 0.2) is 399 Å². The summed E-state index contributed by atoms with van der Waals surface area (Å²) in [4.78, 5) is 10.2. The minimum Gasteiger partial charge on any atom is -0.458 e. The molecule has 0 aromatic heterocycles. The zero-order chi connectivity index (χ0) is 73.5. The molecule has 0 saturated carbocycles. The Morgan fingerprint density at radius 1 is 0.357 bits per heavy atom. The van der Waals surface area contributed by atoms with Crippen molar-refractivity contribution in [1.29, 1.82) is 0 Å². The van der Waals surface area contributed by atoms with Gasteiger partial charge < -0.3 is 29.1 Å². The van der Waals surface area contributed by atoms with Crippen LogP contribution in [0, 0.1) is 11.8 Å². The summed E-state index contributed by atoms with van der Waals surface area (Å²) in [6.45, 7) is -0.480. The zero-order valence-electron chi connectivity index (χ0n) is 61.7. The zero-order valence-corrected chi connectivity index (χ0v) is 61.7. The number of allylic oxidation sites excluding steroid dienone is 11. The molecule has 9 aliphatic rings. The van der Waals surface area contributed by atoms with E-state index in [1.165, 1.54) is 89.0 Å². The predicted octanol–water partition coefficient (Wildman–Crippen LogP) is 22.2. The fourth-order valence-corrected chi connectivity index (χ4v) is 20.6. The number of nitrogens with zero attached hydrogens (tertiary/aromatic N) is 4. The van der Waals surface area contributed by atoms with E-state index in [9.17, 15) is 0 Å². The molecule has 2 atom stereocenters. The smallest absolute Gasteiger partial charge is 0.256 e. The van der Waals surface area contributed by atoms with Crippen LogP contribution in [0.1, 0.15) is 70.5 Å². The average molecular weight is 1430 g/mol. The molecule has 23 rings (SSSR count). The third-order valence-corrected chi connectivity index (χ3v) is 25.1. The van der Waals surface area contributed by atoms with E-state index in [1.54, 1.807) is 0 Å². The second kappa shape index (κ2) is 25.8. The number of fused-ring (bicyclic) bond motifs is 17. The summed E-state index contributed by atoms with van der Waals surface area (Å²) >= 11 is 0. The molecule has 0 amide bonds. The molecular weight excluding hydrogens is 1360 g/mol. The third kappa shape index (κ3) is 9.73. The maximum atomic E-state index is 8.18. The first-order valence-electron chi connectivity index (χ1n) is 39.7. The van der Waals surface area contributed by atoms with E-state index in [-0.39, 0.29) is 31.2 Å². The van der Waals surface area contributed by atoms with E-state index in [0.29, 0.717) is 0 Å². The number of anilines is 11. The predicted molar refractivity (Wildman–Crippen MR) is 463 cm³/mol. The Labute approximate surface area is 654 Å². The highest BCUT2D eigenvalue weighted by atomic mass is 16.5. The Kier molecular flexibility index (Phi) is 14.8. The lowest BCUT2D eigenvalue weighted by Gasteiger charge is -2.48. The van der Waals surface area contributed by atoms with Gasteiger partial charge in [-0.1, -0.05) is 285 Å². The maximum Gasteiger partial charge on any atom is 0.256 e. The third-order valence-electron chi connectivity index (χ3n) is 25.1. The van der Waals surface area contributed by atoms with Gasteiger partial charge in [-0.15, -0.1) is 0 Å². The number of para-hydroxylation sites is 6. The number of rotatable bonds is 11. The highest BCUT2D eigenvalue weighted by Gasteiger charge is 2.56. The fourth-order valence-electron chi connectivity index (χ4n) is 20.6. The molecule has 0 radical (unpaired) electrons. The van der Waals surface area contributed by atoms with Crippen molar-refractivity contribution >= 4 is 109 Å². The first-order valence-corrected chi connectivity index (χ1v) is 39.7. The molecule has 14 aromatic rings. The molecular formula is C104H74B2N4O2. The summed E-state index contributed by atoms with van der Waals surface area (Å²) < 4.78 is 16.0. The Balaban J connectivity index is 0.821. The summed E-state index contributed by atoms with van der Waals surface area (Å²) in [7, 11) is 0. The SMILES string of the molecule is C1=CCC(C2=C(N3c4cc5c(cc4B4c6ccccc6N(c6ccccc6)c6cc(C(c7ccccc7)c7ccccc7)cc3c64)C3(c4cc6c(cc4O5)Oc4cc(N(c5ccccc5)c5ccccc5)cc5c4B6c4ccccc4N5c4ccccc4)c4ccccc4-c4ccccc43)C(C3=CCCC=C3)CC=C2)C=C1. The first kappa shape index (κ1) is 64.4. The van der Waals surface area contributed by atoms with Crippen LogP contribution >= 0.6 is 0 Å². The van der Waals surface area contributed by atoms with Crippen molar-refractivity contribution in [3.63, 3.8) is 0 Å². The molecule has 0 bridgehead atoms. The van der Waals surface area contributed by atoms with Gasteiger partial charge in [0.25, 0.3) is 13.4 Å². The highest BCUT2D eigenvalue weighted by Crippen LogP contribution is 2.64. The monoisotopic (exact) mass is 1430 g/mol. The van der Waals surface area contributed by atoms with Crippen molar-refractivity contribution in [2.75, 3.05) is 19.6 Å². The van der Waals surface area contributed by atoms with E-state index >= 15 is 0 Å². The molecule has 0 N–H and O–H groups in total. The minimum absolute atomic E-state index is 0.0158. The minimum atomic E-state index is -0.901. The Hall–Kier alpha value is -13.6. The van der Waals surface area contributed by atoms with Crippen molar-refractivity contribution in [1.82, 2.24) is 0 Å². The number of hydrogen-bond acceptors (Lipinski definition) is 6. The first-order chi connectivity index (χ1) is 55.6. The Bertz CT molecular complexity index is 6270. The van der Waals surface area contributed by atoms with Gasteiger partial charge in [0.05, 0.1) is 11.1 Å². The fraction of sp³-hybridized carbons (Fsp3) is 0.0769. The number of ether oxygens (including phenoxy) is 2. The Morgan fingerprint density at radius 3 is 1.48 bits per heavy atom. The van der Waals surface area contributed by atoms with Gasteiger partial charge in [-0.2, -0.15) is 0 Å².